The third-order valence-corrected chi connectivity index (χ3v) is 9.41. The van der Waals surface area contributed by atoms with Gasteiger partial charge in [-0.05, 0) is 87.1 Å². The zero-order valence-electron chi connectivity index (χ0n) is 23.2. The zero-order chi connectivity index (χ0) is 27.9. The molecule has 5 heterocycles. The molecule has 2 aliphatic rings. The van der Waals surface area contributed by atoms with Crippen LogP contribution in [0, 0.1) is 0 Å². The van der Waals surface area contributed by atoms with Crippen molar-refractivity contribution in [3.05, 3.63) is 81.1 Å². The van der Waals surface area contributed by atoms with Crippen molar-refractivity contribution in [3.8, 4) is 11.4 Å². The average Bonchev–Trinajstić information content (AvgIpc) is 3.74. The molecule has 1 saturated heterocycles. The summed E-state index contributed by atoms with van der Waals surface area (Å²) in [7, 11) is 0. The van der Waals surface area contributed by atoms with Gasteiger partial charge in [-0.25, -0.2) is 4.98 Å². The molecule has 7 rings (SSSR count). The molecular formula is C32H34N6O2S. The fourth-order valence-corrected chi connectivity index (χ4v) is 7.45. The molecule has 0 aliphatic carbocycles. The maximum Gasteiger partial charge on any atom is 0.261 e. The van der Waals surface area contributed by atoms with E-state index in [9.17, 15) is 9.59 Å². The molecule has 41 heavy (non-hydrogen) atoms. The number of rotatable bonds is 9. The number of fused-ring (bicyclic) bond motifs is 3. The number of aromatic amines is 2. The van der Waals surface area contributed by atoms with Crippen LogP contribution in [-0.4, -0.2) is 62.9 Å². The molecule has 9 heteroatoms. The smallest absolute Gasteiger partial charge is 0.261 e. The van der Waals surface area contributed by atoms with E-state index in [1.165, 1.54) is 40.9 Å². The molecule has 0 radical (unpaired) electrons. The third-order valence-electron chi connectivity index (χ3n) is 8.27. The molecule has 1 amide bonds. The molecule has 0 spiro atoms. The van der Waals surface area contributed by atoms with Crippen LogP contribution in [0.4, 0.5) is 5.69 Å². The number of hydrogen-bond donors (Lipinski definition) is 3. The number of nitrogens with zero attached hydrogens (tertiary/aromatic N) is 3. The summed E-state index contributed by atoms with van der Waals surface area (Å²) in [5, 5.41) is 4.81. The Morgan fingerprint density at radius 3 is 2.78 bits per heavy atom. The van der Waals surface area contributed by atoms with Crippen molar-refractivity contribution < 1.29 is 4.79 Å². The number of benzene rings is 2. The molecule has 1 unspecified atom stereocenters. The van der Waals surface area contributed by atoms with Gasteiger partial charge in [-0.15, -0.1) is 11.3 Å². The number of amides is 1. The van der Waals surface area contributed by atoms with E-state index >= 15 is 0 Å². The van der Waals surface area contributed by atoms with Crippen molar-refractivity contribution in [2.75, 3.05) is 31.5 Å². The van der Waals surface area contributed by atoms with Crippen molar-refractivity contribution in [2.24, 2.45) is 0 Å². The first-order valence-corrected chi connectivity index (χ1v) is 15.3. The number of thiophene rings is 1. The van der Waals surface area contributed by atoms with Gasteiger partial charge in [0.1, 0.15) is 11.4 Å². The third kappa shape index (κ3) is 5.15. The molecule has 3 N–H and O–H groups in total. The van der Waals surface area contributed by atoms with Crippen molar-refractivity contribution in [3.63, 3.8) is 0 Å². The normalized spacial score (nSPS) is 16.2. The van der Waals surface area contributed by atoms with Gasteiger partial charge in [0, 0.05) is 46.9 Å². The van der Waals surface area contributed by atoms with Gasteiger partial charge in [0.2, 0.25) is 0 Å². The standard InChI is InChI=1S/C32H34N6O2S/c1-20(15-23-16-21-7-2-3-8-28(21)41-23)34-25-9-10-33-31(39)29(25)30-35-26-17-22-19-38(14-6-13-37-11-4-5-12-37)32(40)24(22)18-27(26)36-30/h2-3,7-10,16-18,20H,4-6,11-15,19H2,1H3,(H,35,36)(H2,33,34,39). The molecule has 3 aromatic heterocycles. The SMILES string of the molecule is CC(Cc1cc2ccccc2s1)Nc1cc[nH]c(=O)c1-c1nc2cc3c(cc2[nH]1)CN(CCCN1CCCC1)C3=O. The van der Waals surface area contributed by atoms with Gasteiger partial charge in [-0.2, -0.15) is 0 Å². The van der Waals surface area contributed by atoms with E-state index in [0.717, 1.165) is 42.7 Å². The number of hydrogen-bond acceptors (Lipinski definition) is 6. The summed E-state index contributed by atoms with van der Waals surface area (Å²) in [6, 6.07) is 16.5. The highest BCUT2D eigenvalue weighted by Crippen LogP contribution is 2.31. The van der Waals surface area contributed by atoms with E-state index in [1.807, 2.05) is 23.1 Å². The van der Waals surface area contributed by atoms with Crippen molar-refractivity contribution in [2.45, 2.75) is 45.2 Å². The number of carbonyl (C=O) groups excluding carboxylic acids is 1. The number of imidazole rings is 1. The summed E-state index contributed by atoms with van der Waals surface area (Å²) in [6.45, 7) is 6.92. The van der Waals surface area contributed by atoms with Gasteiger partial charge < -0.3 is 25.1 Å². The van der Waals surface area contributed by atoms with E-state index in [1.54, 1.807) is 17.5 Å². The van der Waals surface area contributed by atoms with Gasteiger partial charge in [0.05, 0.1) is 16.7 Å². The van der Waals surface area contributed by atoms with Gasteiger partial charge in [-0.1, -0.05) is 18.2 Å². The van der Waals surface area contributed by atoms with Crippen molar-refractivity contribution in [1.29, 1.82) is 0 Å². The zero-order valence-corrected chi connectivity index (χ0v) is 24.0. The van der Waals surface area contributed by atoms with Crippen LogP contribution < -0.4 is 10.9 Å². The van der Waals surface area contributed by atoms with Gasteiger partial charge in [0.15, 0.2) is 0 Å². The largest absolute Gasteiger partial charge is 0.381 e. The van der Waals surface area contributed by atoms with Crippen LogP contribution >= 0.6 is 11.3 Å². The monoisotopic (exact) mass is 566 g/mol. The summed E-state index contributed by atoms with van der Waals surface area (Å²) < 4.78 is 1.28. The number of aromatic nitrogens is 3. The molecule has 2 aliphatic heterocycles. The van der Waals surface area contributed by atoms with E-state index < -0.39 is 0 Å². The quantitative estimate of drug-likeness (QED) is 0.215. The molecule has 1 atom stereocenters. The number of anilines is 1. The Bertz CT molecular complexity index is 1760. The summed E-state index contributed by atoms with van der Waals surface area (Å²) in [4.78, 5) is 42.9. The lowest BCUT2D eigenvalue weighted by Crippen LogP contribution is -2.29. The van der Waals surface area contributed by atoms with Gasteiger partial charge in [0.25, 0.3) is 11.5 Å². The molecule has 5 aromatic rings. The summed E-state index contributed by atoms with van der Waals surface area (Å²) in [6.07, 6.45) is 6.07. The van der Waals surface area contributed by atoms with Crippen LogP contribution in [0.25, 0.3) is 32.5 Å². The highest BCUT2D eigenvalue weighted by atomic mass is 32.1. The van der Waals surface area contributed by atoms with Crippen molar-refractivity contribution in [1.82, 2.24) is 24.8 Å². The second-order valence-electron chi connectivity index (χ2n) is 11.3. The minimum atomic E-state index is -0.212. The van der Waals surface area contributed by atoms with E-state index in [4.69, 9.17) is 4.98 Å². The first kappa shape index (κ1) is 26.0. The van der Waals surface area contributed by atoms with Gasteiger partial charge in [-0.3, -0.25) is 9.59 Å². The Morgan fingerprint density at radius 2 is 1.93 bits per heavy atom. The Labute approximate surface area is 242 Å². The summed E-state index contributed by atoms with van der Waals surface area (Å²) >= 11 is 1.80. The molecule has 8 nitrogen and oxygen atoms in total. The van der Waals surface area contributed by atoms with Crippen LogP contribution in [0.3, 0.4) is 0 Å². The first-order chi connectivity index (χ1) is 20.0. The first-order valence-electron chi connectivity index (χ1n) is 14.5. The van der Waals surface area contributed by atoms with E-state index in [2.05, 4.69) is 57.4 Å². The van der Waals surface area contributed by atoms with Crippen LogP contribution in [-0.2, 0) is 13.0 Å². The van der Waals surface area contributed by atoms with Gasteiger partial charge >= 0.3 is 0 Å². The lowest BCUT2D eigenvalue weighted by atomic mass is 10.1. The molecular weight excluding hydrogens is 532 g/mol. The maximum atomic E-state index is 13.2. The fourth-order valence-electron chi connectivity index (χ4n) is 6.26. The molecule has 2 aromatic carbocycles. The van der Waals surface area contributed by atoms with E-state index in [-0.39, 0.29) is 17.5 Å². The Kier molecular flexibility index (Phi) is 6.84. The average molecular weight is 567 g/mol. The second kappa shape index (κ2) is 10.8. The number of pyridine rings is 1. The predicted octanol–water partition coefficient (Wildman–Crippen LogP) is 5.62. The van der Waals surface area contributed by atoms with Crippen LogP contribution in [0.2, 0.25) is 0 Å². The minimum absolute atomic E-state index is 0.0721. The highest BCUT2D eigenvalue weighted by molar-refractivity contribution is 7.19. The predicted molar refractivity (Wildman–Crippen MR) is 166 cm³/mol. The van der Waals surface area contributed by atoms with Crippen LogP contribution in [0.5, 0.6) is 0 Å². The number of H-pyrrole nitrogens is 2. The highest BCUT2D eigenvalue weighted by Gasteiger charge is 2.28. The second-order valence-corrected chi connectivity index (χ2v) is 12.5. The van der Waals surface area contributed by atoms with E-state index in [0.29, 0.717) is 29.0 Å². The molecule has 1 fully saturated rings. The molecule has 0 bridgehead atoms. The maximum absolute atomic E-state index is 13.2. The fraction of sp³-hybridized carbons (Fsp3) is 0.344. The summed E-state index contributed by atoms with van der Waals surface area (Å²) in [5.41, 5.74) is 4.24. The number of nitrogens with one attached hydrogen (secondary N) is 3. The Balaban J connectivity index is 1.09. The summed E-state index contributed by atoms with van der Waals surface area (Å²) in [5.74, 6) is 0.569. The lowest BCUT2D eigenvalue weighted by Gasteiger charge is -2.19. The topological polar surface area (TPSA) is 97.1 Å². The number of likely N-dealkylation sites (tertiary alicyclic amines) is 1. The van der Waals surface area contributed by atoms with Crippen molar-refractivity contribution >= 4 is 44.1 Å². The Hall–Kier alpha value is -3.95. The molecule has 0 saturated carbocycles. The molecule has 210 valence electrons. The van der Waals surface area contributed by atoms with Crippen LogP contribution in [0.1, 0.15) is 47.0 Å². The Morgan fingerprint density at radius 1 is 1.07 bits per heavy atom. The van der Waals surface area contributed by atoms with Crippen LogP contribution in [0.15, 0.2) is 59.5 Å². The minimum Gasteiger partial charge on any atom is -0.381 e. The number of carbonyl (C=O) groups is 1. The lowest BCUT2D eigenvalue weighted by molar-refractivity contribution is 0.0772.